The summed E-state index contributed by atoms with van der Waals surface area (Å²) >= 11 is 3.04. The van der Waals surface area contributed by atoms with E-state index in [1.807, 2.05) is 11.9 Å². The summed E-state index contributed by atoms with van der Waals surface area (Å²) in [7, 11) is 1.83. The number of rotatable bonds is 48. The normalized spacial score (nSPS) is 15.1. The SMILES string of the molecule is CN(C(=O)CCCCCCCCCCCCCCCCC(=O)O)C1CCC(C(=O)N[C@@H](CCC(=O)NCCOCCOCC(=O)NCCOCCOCC(=O)N[C@@H](CCCCNC(=O)CBr)C(=O)O)C(=O)O)CC1. The quantitative estimate of drug-likeness (QED) is 0.0312. The average molecular weight is 1120 g/mol. The number of carboxylic acid groups (broad SMARTS) is 3. The molecule has 0 aromatic carbocycles. The molecule has 0 aliphatic heterocycles. The van der Waals surface area contributed by atoms with Crippen molar-refractivity contribution in [1.82, 2.24) is 31.5 Å². The first-order chi connectivity index (χ1) is 35.6. The molecule has 0 heterocycles. The first-order valence-electron chi connectivity index (χ1n) is 26.8. The lowest BCUT2D eigenvalue weighted by Crippen LogP contribution is -2.46. The molecule has 0 radical (unpaired) electrons. The zero-order valence-electron chi connectivity index (χ0n) is 43.9. The monoisotopic (exact) mass is 1120 g/mol. The summed E-state index contributed by atoms with van der Waals surface area (Å²) in [5.74, 6) is -5.21. The summed E-state index contributed by atoms with van der Waals surface area (Å²) in [6, 6.07) is -2.25. The van der Waals surface area contributed by atoms with Crippen LogP contribution in [0.3, 0.4) is 0 Å². The predicted octanol–water partition coefficient (Wildman–Crippen LogP) is 4.23. The molecule has 0 unspecified atom stereocenters. The first kappa shape index (κ1) is 67.6. The maximum Gasteiger partial charge on any atom is 0.326 e. The van der Waals surface area contributed by atoms with E-state index in [1.54, 1.807) is 0 Å². The molecule has 1 aliphatic carbocycles. The number of amides is 6. The van der Waals surface area contributed by atoms with Gasteiger partial charge in [-0.05, 0) is 64.2 Å². The lowest BCUT2D eigenvalue weighted by atomic mass is 9.84. The van der Waals surface area contributed by atoms with Crippen molar-refractivity contribution in [3.63, 3.8) is 0 Å². The minimum absolute atomic E-state index is 0.0421. The van der Waals surface area contributed by atoms with E-state index < -0.39 is 41.8 Å². The van der Waals surface area contributed by atoms with Gasteiger partial charge in [-0.25, -0.2) is 9.59 Å². The van der Waals surface area contributed by atoms with Gasteiger partial charge in [0, 0.05) is 57.9 Å². The highest BCUT2D eigenvalue weighted by Gasteiger charge is 2.32. The Balaban J connectivity index is 2.05. The highest BCUT2D eigenvalue weighted by atomic mass is 79.9. The van der Waals surface area contributed by atoms with E-state index in [1.165, 1.54) is 51.4 Å². The number of hydrogen-bond donors (Lipinski definition) is 8. The largest absolute Gasteiger partial charge is 0.481 e. The van der Waals surface area contributed by atoms with Crippen LogP contribution in [-0.2, 0) is 62.1 Å². The van der Waals surface area contributed by atoms with Crippen molar-refractivity contribution in [3.8, 4) is 0 Å². The number of unbranched alkanes of at least 4 members (excludes halogenated alkanes) is 14. The first-order valence-corrected chi connectivity index (χ1v) is 28.0. The fraction of sp³-hybridized carbons (Fsp3) is 0.824. The smallest absolute Gasteiger partial charge is 0.326 e. The number of carbonyl (C=O) groups is 9. The van der Waals surface area contributed by atoms with Gasteiger partial charge in [-0.15, -0.1) is 0 Å². The predicted molar refractivity (Wildman–Crippen MR) is 278 cm³/mol. The molecule has 1 saturated carbocycles. The molecule has 0 spiro atoms. The van der Waals surface area contributed by atoms with E-state index in [0.29, 0.717) is 51.5 Å². The molecule has 0 saturated heterocycles. The van der Waals surface area contributed by atoms with Gasteiger partial charge in [0.25, 0.3) is 0 Å². The molecule has 0 aromatic heterocycles. The van der Waals surface area contributed by atoms with Gasteiger partial charge in [-0.1, -0.05) is 93.0 Å². The minimum atomic E-state index is -1.22. The van der Waals surface area contributed by atoms with E-state index in [2.05, 4.69) is 42.5 Å². The van der Waals surface area contributed by atoms with E-state index in [-0.39, 0.29) is 133 Å². The van der Waals surface area contributed by atoms with E-state index in [9.17, 15) is 53.4 Å². The molecule has 22 nitrogen and oxygen atoms in total. The topological polar surface area (TPSA) is 315 Å². The zero-order valence-corrected chi connectivity index (χ0v) is 45.5. The van der Waals surface area contributed by atoms with Crippen molar-refractivity contribution >= 4 is 69.3 Å². The van der Waals surface area contributed by atoms with Crippen LogP contribution in [0.4, 0.5) is 0 Å². The van der Waals surface area contributed by atoms with Crippen molar-refractivity contribution in [2.75, 3.05) is 84.9 Å². The lowest BCUT2D eigenvalue weighted by Gasteiger charge is -2.34. The van der Waals surface area contributed by atoms with Crippen LogP contribution in [0.1, 0.15) is 161 Å². The molecule has 0 bridgehead atoms. The van der Waals surface area contributed by atoms with Gasteiger partial charge >= 0.3 is 17.9 Å². The van der Waals surface area contributed by atoms with Crippen molar-refractivity contribution in [3.05, 3.63) is 0 Å². The Morgan fingerprint density at radius 3 is 1.46 bits per heavy atom. The van der Waals surface area contributed by atoms with Crippen LogP contribution in [-0.4, -0.2) is 177 Å². The number of aliphatic carboxylic acids is 3. The van der Waals surface area contributed by atoms with Crippen LogP contribution in [0.15, 0.2) is 0 Å². The van der Waals surface area contributed by atoms with Crippen LogP contribution < -0.4 is 26.6 Å². The molecular formula is C51H89BrN6O16. The minimum Gasteiger partial charge on any atom is -0.481 e. The fourth-order valence-corrected chi connectivity index (χ4v) is 8.48. The summed E-state index contributed by atoms with van der Waals surface area (Å²) < 4.78 is 21.3. The fourth-order valence-electron chi connectivity index (χ4n) is 8.28. The summed E-state index contributed by atoms with van der Waals surface area (Å²) in [5.41, 5.74) is 0. The van der Waals surface area contributed by atoms with Gasteiger partial charge in [0.2, 0.25) is 35.4 Å². The van der Waals surface area contributed by atoms with E-state index in [4.69, 9.17) is 24.1 Å². The number of hydrogen-bond acceptors (Lipinski definition) is 13. The van der Waals surface area contributed by atoms with Gasteiger partial charge in [0.15, 0.2) is 0 Å². The summed E-state index contributed by atoms with van der Waals surface area (Å²) in [5, 5.41) is 40.9. The number of nitrogens with zero attached hydrogens (tertiary/aromatic N) is 1. The maximum absolute atomic E-state index is 13.0. The average Bonchev–Trinajstić information content (AvgIpc) is 3.37. The number of carboxylic acids is 3. The lowest BCUT2D eigenvalue weighted by molar-refractivity contribution is -0.143. The highest BCUT2D eigenvalue weighted by molar-refractivity contribution is 9.09. The Hall–Kier alpha value is -4.45. The van der Waals surface area contributed by atoms with Gasteiger partial charge in [0.05, 0.1) is 45.0 Å². The number of nitrogens with one attached hydrogen (secondary N) is 5. The Labute approximate surface area is 446 Å². The van der Waals surface area contributed by atoms with E-state index in [0.717, 1.165) is 38.5 Å². The van der Waals surface area contributed by atoms with Crippen molar-refractivity contribution in [1.29, 1.82) is 0 Å². The van der Waals surface area contributed by atoms with Crippen LogP contribution in [0.5, 0.6) is 0 Å². The second-order valence-corrected chi connectivity index (χ2v) is 19.3. The number of ether oxygens (including phenoxy) is 4. The molecule has 0 aromatic rings. The van der Waals surface area contributed by atoms with Gasteiger partial charge in [0.1, 0.15) is 25.3 Å². The molecule has 1 aliphatic rings. The summed E-state index contributed by atoms with van der Waals surface area (Å²) in [4.78, 5) is 109. The van der Waals surface area contributed by atoms with Crippen molar-refractivity contribution in [2.24, 2.45) is 5.92 Å². The van der Waals surface area contributed by atoms with Crippen LogP contribution in [0, 0.1) is 5.92 Å². The Morgan fingerprint density at radius 1 is 0.486 bits per heavy atom. The molecule has 74 heavy (non-hydrogen) atoms. The van der Waals surface area contributed by atoms with E-state index >= 15 is 0 Å². The van der Waals surface area contributed by atoms with Crippen molar-refractivity contribution in [2.45, 2.75) is 179 Å². The molecule has 1 rings (SSSR count). The van der Waals surface area contributed by atoms with Gasteiger partial charge < -0.3 is 65.8 Å². The molecule has 2 atom stereocenters. The van der Waals surface area contributed by atoms with Gasteiger partial charge in [-0.3, -0.25) is 33.6 Å². The summed E-state index contributed by atoms with van der Waals surface area (Å²) in [6.07, 6.45) is 20.0. The standard InChI is InChI=1S/C51H89BrN6O16/c1-58(47(63)19-14-12-10-8-6-4-2-3-5-7-9-11-13-15-20-48(64)65)40-23-21-39(22-24-40)49(66)57-42(51(69)70)25-26-43(59)54-28-30-71-32-34-73-37-45(61)55-29-31-72-33-35-74-38-46(62)56-41(50(67)68)18-16-17-27-53-44(60)36-52/h39-42H,2-38H2,1H3,(H,53,60)(H,54,59)(H,55,61)(H,56,62)(H,57,66)(H,64,65)(H,67,68)(H,69,70)/t39?,40?,41-,42-/m0/s1. The van der Waals surface area contributed by atoms with Crippen LogP contribution >= 0.6 is 15.9 Å². The summed E-state index contributed by atoms with van der Waals surface area (Å²) in [6.45, 7) is 1.05. The Morgan fingerprint density at radius 2 is 0.946 bits per heavy atom. The second kappa shape index (κ2) is 44.8. The highest BCUT2D eigenvalue weighted by Crippen LogP contribution is 2.28. The third-order valence-electron chi connectivity index (χ3n) is 12.7. The molecular weight excluding hydrogens is 1030 g/mol. The number of alkyl halides is 1. The molecule has 23 heteroatoms. The Bertz CT molecular complexity index is 1620. The zero-order chi connectivity index (χ0) is 54.6. The number of halogens is 1. The molecule has 1 fully saturated rings. The molecule has 6 amide bonds. The second-order valence-electron chi connectivity index (χ2n) is 18.8. The number of carbonyl (C=O) groups excluding carboxylic acids is 6. The molecule has 426 valence electrons. The third kappa shape index (κ3) is 37.3. The van der Waals surface area contributed by atoms with Gasteiger partial charge in [-0.2, -0.15) is 0 Å². The third-order valence-corrected chi connectivity index (χ3v) is 13.2. The maximum atomic E-state index is 13.0. The van der Waals surface area contributed by atoms with Crippen LogP contribution in [0.2, 0.25) is 0 Å². The van der Waals surface area contributed by atoms with Crippen molar-refractivity contribution < 1.29 is 77.4 Å². The molecule has 8 N–H and O–H groups in total. The Kier molecular flexibility index (Phi) is 40.9. The van der Waals surface area contributed by atoms with Crippen LogP contribution in [0.25, 0.3) is 0 Å².